The summed E-state index contributed by atoms with van der Waals surface area (Å²) < 4.78 is 5.38. The molecule has 2 atom stereocenters. The highest BCUT2D eigenvalue weighted by molar-refractivity contribution is 5.87. The average molecular weight is 204 g/mol. The van der Waals surface area contributed by atoms with Gasteiger partial charge in [0.25, 0.3) is 0 Å². The minimum absolute atomic E-state index is 0.308. The molecule has 80 valence electrons. The third kappa shape index (κ3) is 1.65. The Bertz CT molecular complexity index is 363. The molecule has 0 radical (unpaired) electrons. The van der Waals surface area contributed by atoms with E-state index in [1.165, 1.54) is 6.42 Å². The van der Waals surface area contributed by atoms with Crippen molar-refractivity contribution in [2.75, 3.05) is 0 Å². The van der Waals surface area contributed by atoms with Crippen molar-refractivity contribution in [1.29, 1.82) is 0 Å². The Morgan fingerprint density at radius 3 is 2.73 bits per heavy atom. The number of hydrogen-bond donors (Lipinski definition) is 0. The Balaban J connectivity index is 2.20. The molecule has 15 heavy (non-hydrogen) atoms. The SMILES string of the molecule is C=CC1=C(OC(=O)C(=C)C)C2CCC1C2. The van der Waals surface area contributed by atoms with E-state index in [-0.39, 0.29) is 5.97 Å². The summed E-state index contributed by atoms with van der Waals surface area (Å²) in [6.45, 7) is 9.05. The van der Waals surface area contributed by atoms with E-state index < -0.39 is 0 Å². The summed E-state index contributed by atoms with van der Waals surface area (Å²) in [4.78, 5) is 11.4. The van der Waals surface area contributed by atoms with Crippen molar-refractivity contribution in [2.45, 2.75) is 26.2 Å². The van der Waals surface area contributed by atoms with E-state index in [2.05, 4.69) is 13.2 Å². The Hall–Kier alpha value is -1.31. The molecular formula is C13H16O2. The van der Waals surface area contributed by atoms with Gasteiger partial charge in [-0.05, 0) is 37.7 Å². The molecular weight excluding hydrogens is 188 g/mol. The van der Waals surface area contributed by atoms with Crippen LogP contribution in [0.2, 0.25) is 0 Å². The lowest BCUT2D eigenvalue weighted by molar-refractivity contribution is -0.135. The number of rotatable bonds is 3. The van der Waals surface area contributed by atoms with Crippen LogP contribution in [-0.4, -0.2) is 5.97 Å². The summed E-state index contributed by atoms with van der Waals surface area (Å²) in [5.74, 6) is 1.55. The molecule has 0 aromatic carbocycles. The highest BCUT2D eigenvalue weighted by Crippen LogP contribution is 2.49. The minimum Gasteiger partial charge on any atom is -0.427 e. The van der Waals surface area contributed by atoms with Gasteiger partial charge in [-0.3, -0.25) is 0 Å². The second-order valence-electron chi connectivity index (χ2n) is 4.40. The highest BCUT2D eigenvalue weighted by atomic mass is 16.5. The molecule has 0 N–H and O–H groups in total. The van der Waals surface area contributed by atoms with Gasteiger partial charge >= 0.3 is 5.97 Å². The molecule has 0 aromatic heterocycles. The van der Waals surface area contributed by atoms with E-state index in [4.69, 9.17) is 4.74 Å². The lowest BCUT2D eigenvalue weighted by Gasteiger charge is -2.17. The van der Waals surface area contributed by atoms with Crippen molar-refractivity contribution in [1.82, 2.24) is 0 Å². The van der Waals surface area contributed by atoms with Crippen LogP contribution in [0.3, 0.4) is 0 Å². The number of carbonyl (C=O) groups excluding carboxylic acids is 1. The largest absolute Gasteiger partial charge is 0.427 e. The number of fused-ring (bicyclic) bond motifs is 2. The van der Waals surface area contributed by atoms with Gasteiger partial charge in [0.2, 0.25) is 0 Å². The van der Waals surface area contributed by atoms with E-state index in [0.29, 0.717) is 17.4 Å². The van der Waals surface area contributed by atoms with E-state index >= 15 is 0 Å². The summed E-state index contributed by atoms with van der Waals surface area (Å²) >= 11 is 0. The first kappa shape index (κ1) is 10.2. The topological polar surface area (TPSA) is 26.3 Å². The Morgan fingerprint density at radius 2 is 2.13 bits per heavy atom. The molecule has 2 rings (SSSR count). The fourth-order valence-corrected chi connectivity index (χ4v) is 2.54. The van der Waals surface area contributed by atoms with Crippen LogP contribution in [0.5, 0.6) is 0 Å². The van der Waals surface area contributed by atoms with Gasteiger partial charge in [-0.15, -0.1) is 0 Å². The first-order valence-corrected chi connectivity index (χ1v) is 5.37. The summed E-state index contributed by atoms with van der Waals surface area (Å²) in [6, 6.07) is 0. The molecule has 1 saturated carbocycles. The van der Waals surface area contributed by atoms with Crippen molar-refractivity contribution < 1.29 is 9.53 Å². The molecule has 0 aromatic rings. The number of ether oxygens (including phenoxy) is 1. The Kier molecular flexibility index (Phi) is 2.51. The fourth-order valence-electron chi connectivity index (χ4n) is 2.54. The predicted molar refractivity (Wildman–Crippen MR) is 59.0 cm³/mol. The average Bonchev–Trinajstić information content (AvgIpc) is 2.77. The number of esters is 1. The number of hydrogen-bond acceptors (Lipinski definition) is 2. The Labute approximate surface area is 90.3 Å². The van der Waals surface area contributed by atoms with Gasteiger partial charge in [-0.2, -0.15) is 0 Å². The monoisotopic (exact) mass is 204 g/mol. The molecule has 0 amide bonds. The van der Waals surface area contributed by atoms with Crippen molar-refractivity contribution in [2.24, 2.45) is 11.8 Å². The van der Waals surface area contributed by atoms with Gasteiger partial charge in [0, 0.05) is 11.5 Å². The van der Waals surface area contributed by atoms with Crippen LogP contribution >= 0.6 is 0 Å². The molecule has 0 heterocycles. The van der Waals surface area contributed by atoms with Gasteiger partial charge < -0.3 is 4.74 Å². The van der Waals surface area contributed by atoms with Gasteiger partial charge in [0.15, 0.2) is 0 Å². The standard InChI is InChI=1S/C13H16O2/c1-4-11-9-5-6-10(7-9)12(11)15-13(14)8(2)3/h4,9-10H,1-2,5-7H2,3H3. The van der Waals surface area contributed by atoms with Crippen LogP contribution in [0, 0.1) is 11.8 Å². The smallest absolute Gasteiger partial charge is 0.338 e. The van der Waals surface area contributed by atoms with Crippen LogP contribution in [0.1, 0.15) is 26.2 Å². The van der Waals surface area contributed by atoms with E-state index in [0.717, 1.165) is 24.2 Å². The van der Waals surface area contributed by atoms with E-state index in [1.54, 1.807) is 6.92 Å². The zero-order valence-electron chi connectivity index (χ0n) is 9.08. The van der Waals surface area contributed by atoms with Crippen LogP contribution in [-0.2, 0) is 9.53 Å². The van der Waals surface area contributed by atoms with Gasteiger partial charge in [0.05, 0.1) is 0 Å². The molecule has 0 saturated heterocycles. The van der Waals surface area contributed by atoms with Crippen LogP contribution in [0.15, 0.2) is 36.1 Å². The fraction of sp³-hybridized carbons (Fsp3) is 0.462. The third-order valence-corrected chi connectivity index (χ3v) is 3.30. The molecule has 2 heteroatoms. The van der Waals surface area contributed by atoms with Crippen molar-refractivity contribution >= 4 is 5.97 Å². The molecule has 2 aliphatic rings. The molecule has 0 spiro atoms. The maximum Gasteiger partial charge on any atom is 0.338 e. The van der Waals surface area contributed by atoms with Crippen molar-refractivity contribution in [3.05, 3.63) is 36.1 Å². The normalized spacial score (nSPS) is 28.1. The number of carbonyl (C=O) groups is 1. The molecule has 2 aliphatic carbocycles. The zero-order chi connectivity index (χ0) is 11.0. The maximum absolute atomic E-state index is 11.4. The molecule has 1 fully saturated rings. The van der Waals surface area contributed by atoms with Crippen LogP contribution in [0.25, 0.3) is 0 Å². The lowest BCUT2D eigenvalue weighted by atomic mass is 9.97. The Morgan fingerprint density at radius 1 is 1.47 bits per heavy atom. The maximum atomic E-state index is 11.4. The van der Waals surface area contributed by atoms with E-state index in [9.17, 15) is 4.79 Å². The second kappa shape index (κ2) is 3.69. The van der Waals surface area contributed by atoms with E-state index in [1.807, 2.05) is 6.08 Å². The molecule has 0 aliphatic heterocycles. The molecule has 2 nitrogen and oxygen atoms in total. The first-order chi connectivity index (χ1) is 7.13. The zero-order valence-corrected chi connectivity index (χ0v) is 9.08. The second-order valence-corrected chi connectivity index (χ2v) is 4.40. The van der Waals surface area contributed by atoms with Crippen LogP contribution in [0.4, 0.5) is 0 Å². The summed E-state index contributed by atoms with van der Waals surface area (Å²) in [7, 11) is 0. The summed E-state index contributed by atoms with van der Waals surface area (Å²) in [6.07, 6.45) is 5.31. The predicted octanol–water partition coefficient (Wildman–Crippen LogP) is 2.98. The number of allylic oxidation sites excluding steroid dienone is 3. The molecule has 2 bridgehead atoms. The van der Waals surface area contributed by atoms with Gasteiger partial charge in [-0.1, -0.05) is 19.2 Å². The third-order valence-electron chi connectivity index (χ3n) is 3.30. The first-order valence-electron chi connectivity index (χ1n) is 5.37. The van der Waals surface area contributed by atoms with Gasteiger partial charge in [-0.25, -0.2) is 4.79 Å². The summed E-state index contributed by atoms with van der Waals surface area (Å²) in [5, 5.41) is 0. The van der Waals surface area contributed by atoms with Crippen LogP contribution < -0.4 is 0 Å². The summed E-state index contributed by atoms with van der Waals surface area (Å²) in [5.41, 5.74) is 1.59. The van der Waals surface area contributed by atoms with Crippen molar-refractivity contribution in [3.8, 4) is 0 Å². The van der Waals surface area contributed by atoms with Crippen molar-refractivity contribution in [3.63, 3.8) is 0 Å². The van der Waals surface area contributed by atoms with Gasteiger partial charge in [0.1, 0.15) is 5.76 Å². The molecule has 2 unspecified atom stereocenters. The quantitative estimate of drug-likeness (QED) is 0.522. The minimum atomic E-state index is -0.308. The lowest BCUT2D eigenvalue weighted by Crippen LogP contribution is -2.11. The highest BCUT2D eigenvalue weighted by Gasteiger charge is 2.40.